The van der Waals surface area contributed by atoms with Crippen LogP contribution in [0.3, 0.4) is 0 Å². The highest BCUT2D eigenvalue weighted by atomic mass is 19.4. The number of anilines is 1. The number of hydrogen-bond donors (Lipinski definition) is 2. The van der Waals surface area contributed by atoms with Crippen molar-refractivity contribution in [2.45, 2.75) is 77.4 Å². The monoisotopic (exact) mass is 793 g/mol. The normalized spacial score (nSPS) is 18.1. The molecule has 2 N–H and O–H groups in total. The number of ether oxygens (including phenoxy) is 1. The highest BCUT2D eigenvalue weighted by Crippen LogP contribution is 2.42. The van der Waals surface area contributed by atoms with Gasteiger partial charge in [0.2, 0.25) is 5.91 Å². The maximum atomic E-state index is 13.7. The van der Waals surface area contributed by atoms with E-state index in [1.165, 1.54) is 75.5 Å². The molecule has 0 radical (unpaired) electrons. The summed E-state index contributed by atoms with van der Waals surface area (Å²) in [5.74, 6) is 0.230. The molecule has 2 aliphatic rings. The van der Waals surface area contributed by atoms with Gasteiger partial charge in [-0.3, -0.25) is 14.4 Å². The molecule has 3 aromatic carbocycles. The fraction of sp³-hybridized carbons (Fsp3) is 0.378. The van der Waals surface area contributed by atoms with Crippen LogP contribution in [0.1, 0.15) is 96.5 Å². The number of carboxylic acids is 1. The zero-order chi connectivity index (χ0) is 41.4. The van der Waals surface area contributed by atoms with Gasteiger partial charge in [-0.15, -0.1) is 0 Å². The third kappa shape index (κ3) is 10.3. The second-order valence-corrected chi connectivity index (χ2v) is 15.1. The maximum Gasteiger partial charge on any atom is 0.416 e. The molecule has 2 aliphatic carbocycles. The van der Waals surface area contributed by atoms with Crippen LogP contribution < -0.4 is 10.1 Å². The molecule has 2 amide bonds. The van der Waals surface area contributed by atoms with Crippen molar-refractivity contribution >= 4 is 29.0 Å². The van der Waals surface area contributed by atoms with Gasteiger partial charge < -0.3 is 20.1 Å². The summed E-state index contributed by atoms with van der Waals surface area (Å²) < 4.78 is 45.9. The fourth-order valence-corrected chi connectivity index (χ4v) is 8.15. The molecule has 1 atom stereocenters. The number of carbonyl (C=O) groups excluding carboxylic acids is 2. The predicted molar refractivity (Wildman–Crippen MR) is 212 cm³/mol. The first-order valence-corrected chi connectivity index (χ1v) is 19.5. The topological polar surface area (TPSA) is 146 Å². The zero-order valence-corrected chi connectivity index (χ0v) is 32.5. The Labute approximate surface area is 335 Å². The molecule has 1 aromatic heterocycles. The highest BCUT2D eigenvalue weighted by Gasteiger charge is 2.34. The number of amides is 2. The number of aromatic nitrogens is 2. The minimum atomic E-state index is -4.73. The molecular weight excluding hydrogens is 748 g/mol. The average Bonchev–Trinajstić information content (AvgIpc) is 3.23. The Bertz CT molecular complexity index is 2190. The van der Waals surface area contributed by atoms with Crippen LogP contribution in [-0.2, 0) is 28.7 Å². The Morgan fingerprint density at radius 3 is 2.28 bits per heavy atom. The van der Waals surface area contributed by atoms with Crippen molar-refractivity contribution in [2.75, 3.05) is 19.0 Å². The van der Waals surface area contributed by atoms with Gasteiger partial charge in [0, 0.05) is 35.8 Å². The second-order valence-electron chi connectivity index (χ2n) is 15.1. The number of aliphatic carboxylic acids is 1. The largest absolute Gasteiger partial charge is 0.497 e. The molecule has 1 heterocycles. The van der Waals surface area contributed by atoms with Crippen LogP contribution in [0, 0.1) is 29.1 Å². The van der Waals surface area contributed by atoms with E-state index in [9.17, 15) is 37.9 Å². The summed E-state index contributed by atoms with van der Waals surface area (Å²) in [6.45, 7) is 1.55. The van der Waals surface area contributed by atoms with Crippen molar-refractivity contribution in [3.63, 3.8) is 0 Å². The van der Waals surface area contributed by atoms with Gasteiger partial charge in [-0.25, -0.2) is 9.97 Å². The molecule has 13 heteroatoms. The second kappa shape index (κ2) is 18.5. The predicted octanol–water partition coefficient (Wildman–Crippen LogP) is 9.35. The lowest BCUT2D eigenvalue weighted by molar-refractivity contribution is -0.139. The van der Waals surface area contributed by atoms with Gasteiger partial charge in [0.1, 0.15) is 18.4 Å². The van der Waals surface area contributed by atoms with E-state index in [-0.39, 0.29) is 34.7 Å². The van der Waals surface area contributed by atoms with E-state index in [0.29, 0.717) is 11.4 Å². The van der Waals surface area contributed by atoms with Gasteiger partial charge in [0.25, 0.3) is 5.91 Å². The van der Waals surface area contributed by atoms with Crippen LogP contribution in [0.15, 0.2) is 79.1 Å². The van der Waals surface area contributed by atoms with Gasteiger partial charge >= 0.3 is 12.1 Å². The quantitative estimate of drug-likeness (QED) is 0.136. The molecule has 58 heavy (non-hydrogen) atoms. The summed E-state index contributed by atoms with van der Waals surface area (Å²) >= 11 is 0. The van der Waals surface area contributed by atoms with Crippen LogP contribution in [0.25, 0.3) is 17.0 Å². The van der Waals surface area contributed by atoms with Crippen LogP contribution in [0.2, 0.25) is 0 Å². The van der Waals surface area contributed by atoms with Gasteiger partial charge in [-0.05, 0) is 96.9 Å². The first-order valence-electron chi connectivity index (χ1n) is 19.5. The lowest BCUT2D eigenvalue weighted by atomic mass is 9.71. The number of benzene rings is 3. The van der Waals surface area contributed by atoms with Gasteiger partial charge in [0.15, 0.2) is 5.82 Å². The Kier molecular flexibility index (Phi) is 13.3. The van der Waals surface area contributed by atoms with Gasteiger partial charge in [0.05, 0.1) is 30.2 Å². The summed E-state index contributed by atoms with van der Waals surface area (Å²) in [7, 11) is 1.23. The number of nitrogens with zero attached hydrogens (tertiary/aromatic N) is 4. The van der Waals surface area contributed by atoms with E-state index in [2.05, 4.69) is 28.3 Å². The summed E-state index contributed by atoms with van der Waals surface area (Å²) in [4.78, 5) is 48.6. The summed E-state index contributed by atoms with van der Waals surface area (Å²) in [6, 6.07) is 16.1. The molecular formula is C45H46F3N5O5. The third-order valence-electron chi connectivity index (χ3n) is 11.4. The van der Waals surface area contributed by atoms with Crippen LogP contribution in [0.4, 0.5) is 18.9 Å². The smallest absolute Gasteiger partial charge is 0.416 e. The number of rotatable bonds is 13. The van der Waals surface area contributed by atoms with E-state index in [1.54, 1.807) is 24.3 Å². The zero-order valence-electron chi connectivity index (χ0n) is 32.5. The Balaban J connectivity index is 1.08. The van der Waals surface area contributed by atoms with E-state index >= 15 is 0 Å². The Morgan fingerprint density at radius 2 is 1.67 bits per heavy atom. The van der Waals surface area contributed by atoms with Crippen molar-refractivity contribution in [2.24, 2.45) is 17.8 Å². The summed E-state index contributed by atoms with van der Waals surface area (Å²) in [5, 5.41) is 22.0. The third-order valence-corrected chi connectivity index (χ3v) is 11.4. The van der Waals surface area contributed by atoms with Crippen LogP contribution in [-0.4, -0.2) is 51.4 Å². The number of allylic oxidation sites excluding steroid dienone is 2. The van der Waals surface area contributed by atoms with Gasteiger partial charge in [-0.2, -0.15) is 18.4 Å². The number of nitrogens with one attached hydrogen (secondary N) is 1. The van der Waals surface area contributed by atoms with E-state index in [0.717, 1.165) is 58.8 Å². The number of methoxy groups -OCH3 is 1. The molecule has 0 saturated heterocycles. The minimum Gasteiger partial charge on any atom is -0.497 e. The van der Waals surface area contributed by atoms with E-state index in [4.69, 9.17) is 4.74 Å². The van der Waals surface area contributed by atoms with Crippen molar-refractivity contribution in [1.29, 1.82) is 5.26 Å². The lowest BCUT2D eigenvalue weighted by Crippen LogP contribution is -2.35. The lowest BCUT2D eigenvalue weighted by Gasteiger charge is -2.35. The number of nitriles is 1. The van der Waals surface area contributed by atoms with Crippen molar-refractivity contribution in [1.82, 2.24) is 14.9 Å². The Hall–Kier alpha value is -6.03. The Morgan fingerprint density at radius 1 is 0.948 bits per heavy atom. The first kappa shape index (κ1) is 41.6. The van der Waals surface area contributed by atoms with Crippen LogP contribution >= 0.6 is 0 Å². The number of alkyl halides is 3. The molecule has 302 valence electrons. The number of halogens is 3. The number of carboxylic acid groups (broad SMARTS) is 1. The molecule has 1 unspecified atom stereocenters. The minimum absolute atomic E-state index is 0.0145. The standard InChI is InChI=1S/C45H46F3N5O5/c1-3-28-4-8-30(9-5-28)31-12-14-32(15-13-31)36-24-50-43(51-25-36)33-10-6-29(7-11-33)26-53(27-42(55)56)44(57)39-19-17-37(20-35(39)23-49)52-41(54)21-34-16-18-38(58-2)22-40(34)45(46,47)48/h6-7,10-11,14,16-20,22,24-25,28,30-31H,3-5,8-9,12-13,15,21,26-27H2,1-2H3,(H,52,54)(H,55,56). The molecule has 10 nitrogen and oxygen atoms in total. The number of hydrogen-bond acceptors (Lipinski definition) is 7. The van der Waals surface area contributed by atoms with Crippen molar-refractivity contribution in [3.05, 3.63) is 113 Å². The van der Waals surface area contributed by atoms with Gasteiger partial charge in [-0.1, -0.05) is 62.6 Å². The SMILES string of the molecule is CCC1CCC(C2CC=C(c3cnc(-c4ccc(CN(CC(=O)O)C(=O)c5ccc(NC(=O)Cc6ccc(OC)cc6C(F)(F)F)cc5C#N)cc4)nc3)CC2)CC1. The van der Waals surface area contributed by atoms with Crippen molar-refractivity contribution in [3.8, 4) is 23.2 Å². The number of carbonyl (C=O) groups is 3. The first-order chi connectivity index (χ1) is 27.8. The molecule has 0 aliphatic heterocycles. The summed E-state index contributed by atoms with van der Waals surface area (Å²) in [6.07, 6.45) is 10.8. The highest BCUT2D eigenvalue weighted by molar-refractivity contribution is 5.99. The summed E-state index contributed by atoms with van der Waals surface area (Å²) in [5.41, 5.74) is 2.19. The maximum absolute atomic E-state index is 13.7. The van der Waals surface area contributed by atoms with E-state index < -0.39 is 42.5 Å². The molecule has 1 fully saturated rings. The van der Waals surface area contributed by atoms with Crippen LogP contribution in [0.5, 0.6) is 5.75 Å². The molecule has 0 bridgehead atoms. The van der Waals surface area contributed by atoms with E-state index in [1.807, 2.05) is 18.5 Å². The molecule has 6 rings (SSSR count). The molecule has 0 spiro atoms. The molecule has 1 saturated carbocycles. The fourth-order valence-electron chi connectivity index (χ4n) is 8.15. The average molecular weight is 794 g/mol. The molecule has 4 aromatic rings. The van der Waals surface area contributed by atoms with Crippen molar-refractivity contribution < 1.29 is 37.4 Å².